The number of hydrogen-bond donors (Lipinski definition) is 1. The summed E-state index contributed by atoms with van der Waals surface area (Å²) in [5, 5.41) is 12.5. The maximum absolute atomic E-state index is 13.1. The average Bonchev–Trinajstić information content (AvgIpc) is 2.73. The van der Waals surface area contributed by atoms with E-state index in [4.69, 9.17) is 4.74 Å². The lowest BCUT2D eigenvalue weighted by Gasteiger charge is -2.12. The largest absolute Gasteiger partial charge is 0.487 e. The zero-order valence-corrected chi connectivity index (χ0v) is 11.0. The summed E-state index contributed by atoms with van der Waals surface area (Å²) in [4.78, 5) is 4.27. The number of ether oxygens (including phenoxy) is 1. The Hall–Kier alpha value is -1.46. The van der Waals surface area contributed by atoms with E-state index >= 15 is 0 Å². The molecular weight excluding hydrogens is 253 g/mol. The summed E-state index contributed by atoms with van der Waals surface area (Å²) in [6.07, 6.45) is -0.770. The molecule has 0 aliphatic heterocycles. The van der Waals surface area contributed by atoms with Gasteiger partial charge in [-0.3, -0.25) is 0 Å². The van der Waals surface area contributed by atoms with E-state index in [2.05, 4.69) is 4.98 Å². The molecule has 2 rings (SSSR count). The van der Waals surface area contributed by atoms with Crippen molar-refractivity contribution >= 4 is 11.3 Å². The van der Waals surface area contributed by atoms with Gasteiger partial charge in [0.15, 0.2) is 0 Å². The lowest BCUT2D eigenvalue weighted by Crippen LogP contribution is -2.02. The van der Waals surface area contributed by atoms with Crippen molar-refractivity contribution in [1.82, 2.24) is 4.98 Å². The molecule has 1 N–H and O–H groups in total. The molecule has 1 atom stereocenters. The summed E-state index contributed by atoms with van der Waals surface area (Å²) >= 11 is 1.55. The van der Waals surface area contributed by atoms with Crippen LogP contribution in [0, 0.1) is 12.7 Å². The predicted octanol–water partition coefficient (Wildman–Crippen LogP) is 3.22. The van der Waals surface area contributed by atoms with Crippen LogP contribution in [0.25, 0.3) is 0 Å². The molecule has 0 saturated heterocycles. The van der Waals surface area contributed by atoms with Crippen molar-refractivity contribution in [2.24, 2.45) is 0 Å². The SMILES string of the molecule is Cc1nc(COc2ccc(F)cc2[C@H](C)O)cs1. The van der Waals surface area contributed by atoms with Crippen LogP contribution in [0.1, 0.15) is 29.3 Å². The lowest BCUT2D eigenvalue weighted by molar-refractivity contribution is 0.189. The monoisotopic (exact) mass is 267 g/mol. The second-order valence-electron chi connectivity index (χ2n) is 4.00. The topological polar surface area (TPSA) is 42.4 Å². The number of nitrogens with zero attached hydrogens (tertiary/aromatic N) is 1. The molecule has 1 aromatic heterocycles. The first-order valence-electron chi connectivity index (χ1n) is 5.57. The Bertz CT molecular complexity index is 540. The van der Waals surface area contributed by atoms with Gasteiger partial charge in [0.1, 0.15) is 18.2 Å². The van der Waals surface area contributed by atoms with E-state index in [1.54, 1.807) is 18.3 Å². The number of aliphatic hydroxyl groups is 1. The van der Waals surface area contributed by atoms with Crippen molar-refractivity contribution in [3.8, 4) is 5.75 Å². The molecule has 0 spiro atoms. The number of aromatic nitrogens is 1. The Labute approximate surface area is 109 Å². The molecule has 0 saturated carbocycles. The van der Waals surface area contributed by atoms with Crippen LogP contribution in [-0.2, 0) is 6.61 Å². The summed E-state index contributed by atoms with van der Waals surface area (Å²) in [5.74, 6) is 0.0970. The van der Waals surface area contributed by atoms with Gasteiger partial charge in [0.2, 0.25) is 0 Å². The quantitative estimate of drug-likeness (QED) is 0.924. The Balaban J connectivity index is 2.13. The molecule has 96 valence electrons. The molecule has 18 heavy (non-hydrogen) atoms. The van der Waals surface area contributed by atoms with Gasteiger partial charge in [-0.15, -0.1) is 11.3 Å². The number of benzene rings is 1. The van der Waals surface area contributed by atoms with Crippen molar-refractivity contribution in [3.05, 3.63) is 45.7 Å². The second kappa shape index (κ2) is 5.46. The lowest BCUT2D eigenvalue weighted by atomic mass is 10.1. The Morgan fingerprint density at radius 2 is 2.28 bits per heavy atom. The Morgan fingerprint density at radius 3 is 2.89 bits per heavy atom. The number of rotatable bonds is 4. The first-order valence-corrected chi connectivity index (χ1v) is 6.45. The van der Waals surface area contributed by atoms with Gasteiger partial charge in [0.05, 0.1) is 16.8 Å². The fourth-order valence-electron chi connectivity index (χ4n) is 1.60. The highest BCUT2D eigenvalue weighted by molar-refractivity contribution is 7.09. The summed E-state index contributed by atoms with van der Waals surface area (Å²) in [6.45, 7) is 3.82. The van der Waals surface area contributed by atoms with Crippen LogP contribution >= 0.6 is 11.3 Å². The van der Waals surface area contributed by atoms with Gasteiger partial charge < -0.3 is 9.84 Å². The maximum Gasteiger partial charge on any atom is 0.131 e. The van der Waals surface area contributed by atoms with Crippen LogP contribution in [0.15, 0.2) is 23.6 Å². The molecule has 0 unspecified atom stereocenters. The van der Waals surface area contributed by atoms with E-state index in [9.17, 15) is 9.50 Å². The van der Waals surface area contributed by atoms with Crippen LogP contribution in [-0.4, -0.2) is 10.1 Å². The normalized spacial score (nSPS) is 12.4. The van der Waals surface area contributed by atoms with E-state index in [0.29, 0.717) is 17.9 Å². The van der Waals surface area contributed by atoms with Crippen LogP contribution in [0.2, 0.25) is 0 Å². The third kappa shape index (κ3) is 3.05. The summed E-state index contributed by atoms with van der Waals surface area (Å²) in [5.41, 5.74) is 1.28. The third-order valence-corrected chi connectivity index (χ3v) is 3.29. The van der Waals surface area contributed by atoms with Gasteiger partial charge >= 0.3 is 0 Å². The summed E-state index contributed by atoms with van der Waals surface area (Å²) in [6, 6.07) is 4.12. The van der Waals surface area contributed by atoms with Gasteiger partial charge in [0, 0.05) is 10.9 Å². The smallest absolute Gasteiger partial charge is 0.131 e. The molecular formula is C13H14FNO2S. The summed E-state index contributed by atoms with van der Waals surface area (Å²) in [7, 11) is 0. The number of thiazole rings is 1. The van der Waals surface area contributed by atoms with Crippen LogP contribution in [0.5, 0.6) is 5.75 Å². The van der Waals surface area contributed by atoms with E-state index in [1.165, 1.54) is 18.2 Å². The average molecular weight is 267 g/mol. The van der Waals surface area contributed by atoms with Crippen LogP contribution in [0.3, 0.4) is 0 Å². The van der Waals surface area contributed by atoms with E-state index < -0.39 is 6.10 Å². The fourth-order valence-corrected chi connectivity index (χ4v) is 2.20. The van der Waals surface area contributed by atoms with Gasteiger partial charge in [-0.05, 0) is 32.0 Å². The number of halogens is 1. The van der Waals surface area contributed by atoms with Gasteiger partial charge in [-0.2, -0.15) is 0 Å². The van der Waals surface area contributed by atoms with E-state index in [0.717, 1.165) is 10.7 Å². The first-order chi connectivity index (χ1) is 8.56. The minimum atomic E-state index is -0.770. The molecule has 1 aromatic carbocycles. The third-order valence-electron chi connectivity index (χ3n) is 2.46. The molecule has 0 amide bonds. The van der Waals surface area contributed by atoms with Crippen molar-refractivity contribution in [2.75, 3.05) is 0 Å². The van der Waals surface area contributed by atoms with Gasteiger partial charge in [-0.25, -0.2) is 9.37 Å². The van der Waals surface area contributed by atoms with E-state index in [-0.39, 0.29) is 5.82 Å². The minimum Gasteiger partial charge on any atom is -0.487 e. The Kier molecular flexibility index (Phi) is 3.93. The van der Waals surface area contributed by atoms with Gasteiger partial charge in [-0.1, -0.05) is 0 Å². The van der Waals surface area contributed by atoms with Crippen molar-refractivity contribution in [2.45, 2.75) is 26.6 Å². The predicted molar refractivity (Wildman–Crippen MR) is 68.2 cm³/mol. The zero-order valence-electron chi connectivity index (χ0n) is 10.2. The van der Waals surface area contributed by atoms with Crippen molar-refractivity contribution in [1.29, 1.82) is 0 Å². The Morgan fingerprint density at radius 1 is 1.50 bits per heavy atom. The molecule has 0 aliphatic carbocycles. The summed E-state index contributed by atoms with van der Waals surface area (Å²) < 4.78 is 18.7. The number of aryl methyl sites for hydroxylation is 1. The molecule has 1 heterocycles. The molecule has 0 aliphatic rings. The highest BCUT2D eigenvalue weighted by atomic mass is 32.1. The van der Waals surface area contributed by atoms with Gasteiger partial charge in [0.25, 0.3) is 0 Å². The molecule has 0 fully saturated rings. The second-order valence-corrected chi connectivity index (χ2v) is 5.07. The van der Waals surface area contributed by atoms with E-state index in [1.807, 2.05) is 12.3 Å². The highest BCUT2D eigenvalue weighted by Gasteiger charge is 2.11. The number of hydrogen-bond acceptors (Lipinski definition) is 4. The van der Waals surface area contributed by atoms with Crippen LogP contribution < -0.4 is 4.74 Å². The minimum absolute atomic E-state index is 0.315. The van der Waals surface area contributed by atoms with Crippen molar-refractivity contribution in [3.63, 3.8) is 0 Å². The molecule has 0 radical (unpaired) electrons. The first kappa shape index (κ1) is 13.0. The molecule has 5 heteroatoms. The maximum atomic E-state index is 13.1. The standard InChI is InChI=1S/C13H14FNO2S/c1-8(16)12-5-10(14)3-4-13(12)17-6-11-7-18-9(2)15-11/h3-5,7-8,16H,6H2,1-2H3/t8-/m0/s1. The highest BCUT2D eigenvalue weighted by Crippen LogP contribution is 2.26. The fraction of sp³-hybridized carbons (Fsp3) is 0.308. The molecule has 3 nitrogen and oxygen atoms in total. The zero-order chi connectivity index (χ0) is 13.1. The molecule has 2 aromatic rings. The van der Waals surface area contributed by atoms with Crippen LogP contribution in [0.4, 0.5) is 4.39 Å². The number of aliphatic hydroxyl groups excluding tert-OH is 1. The molecule has 0 bridgehead atoms. The van der Waals surface area contributed by atoms with Crippen molar-refractivity contribution < 1.29 is 14.2 Å².